The fraction of sp³-hybridized carbons (Fsp3) is 1.00. The fourth-order valence-corrected chi connectivity index (χ4v) is 5.49. The molecule has 3 aliphatic rings. The zero-order valence-corrected chi connectivity index (χ0v) is 13.4. The maximum absolute atomic E-state index is 11.7. The summed E-state index contributed by atoms with van der Waals surface area (Å²) in [5, 5.41) is 3.72. The molecule has 1 heterocycles. The maximum Gasteiger partial charge on any atom is 0.153 e. The molecule has 3 fully saturated rings. The van der Waals surface area contributed by atoms with Gasteiger partial charge in [-0.05, 0) is 38.0 Å². The summed E-state index contributed by atoms with van der Waals surface area (Å²) in [4.78, 5) is 2.43. The van der Waals surface area contributed by atoms with Gasteiger partial charge in [0.1, 0.15) is 0 Å². The molecule has 0 aromatic rings. The van der Waals surface area contributed by atoms with Gasteiger partial charge in [-0.3, -0.25) is 4.90 Å². The molecule has 0 amide bonds. The van der Waals surface area contributed by atoms with Gasteiger partial charge in [-0.25, -0.2) is 8.42 Å². The van der Waals surface area contributed by atoms with Crippen molar-refractivity contribution in [3.05, 3.63) is 0 Å². The first-order chi connectivity index (χ1) is 9.48. The van der Waals surface area contributed by atoms with E-state index in [1.807, 2.05) is 0 Å². The Hall–Kier alpha value is -0.130. The van der Waals surface area contributed by atoms with E-state index in [2.05, 4.69) is 17.1 Å². The zero-order chi connectivity index (χ0) is 14.2. The maximum atomic E-state index is 11.7. The smallest absolute Gasteiger partial charge is 0.153 e. The molecular formula is C15H28N2O2S. The van der Waals surface area contributed by atoms with Crippen molar-refractivity contribution in [3.63, 3.8) is 0 Å². The van der Waals surface area contributed by atoms with Crippen LogP contribution in [0.25, 0.3) is 0 Å². The van der Waals surface area contributed by atoms with E-state index in [9.17, 15) is 8.42 Å². The monoisotopic (exact) mass is 300 g/mol. The second-order valence-corrected chi connectivity index (χ2v) is 9.52. The van der Waals surface area contributed by atoms with Crippen molar-refractivity contribution < 1.29 is 8.42 Å². The highest BCUT2D eigenvalue weighted by Crippen LogP contribution is 2.39. The third kappa shape index (κ3) is 3.55. The lowest BCUT2D eigenvalue weighted by molar-refractivity contribution is 0.124. The Labute approximate surface area is 123 Å². The van der Waals surface area contributed by atoms with Crippen LogP contribution in [0.4, 0.5) is 0 Å². The Bertz CT molecular complexity index is 439. The Morgan fingerprint density at radius 2 is 1.95 bits per heavy atom. The molecule has 1 atom stereocenters. The number of nitrogens with one attached hydrogen (secondary N) is 1. The van der Waals surface area contributed by atoms with Crippen molar-refractivity contribution in [1.29, 1.82) is 0 Å². The lowest BCUT2D eigenvalue weighted by Gasteiger charge is -2.40. The Kier molecular flexibility index (Phi) is 4.13. The molecule has 1 saturated heterocycles. The van der Waals surface area contributed by atoms with Crippen molar-refractivity contribution >= 4 is 9.84 Å². The highest BCUT2D eigenvalue weighted by molar-refractivity contribution is 7.91. The van der Waals surface area contributed by atoms with E-state index in [-0.39, 0.29) is 6.04 Å². The van der Waals surface area contributed by atoms with Gasteiger partial charge in [-0.2, -0.15) is 0 Å². The van der Waals surface area contributed by atoms with Gasteiger partial charge in [-0.15, -0.1) is 0 Å². The normalized spacial score (nSPS) is 33.4. The molecular weight excluding hydrogens is 272 g/mol. The Balaban J connectivity index is 1.60. The summed E-state index contributed by atoms with van der Waals surface area (Å²) >= 11 is 0. The van der Waals surface area contributed by atoms with E-state index in [0.29, 0.717) is 16.9 Å². The second kappa shape index (κ2) is 5.58. The predicted molar refractivity (Wildman–Crippen MR) is 81.6 cm³/mol. The first-order valence-corrected chi connectivity index (χ1v) is 9.98. The summed E-state index contributed by atoms with van der Waals surface area (Å²) in [5.74, 6) is 0.697. The van der Waals surface area contributed by atoms with Gasteiger partial charge < -0.3 is 5.32 Å². The molecule has 0 bridgehead atoms. The first kappa shape index (κ1) is 14.8. The van der Waals surface area contributed by atoms with E-state index in [4.69, 9.17) is 0 Å². The summed E-state index contributed by atoms with van der Waals surface area (Å²) in [6, 6.07) is 0.957. The number of nitrogens with zero attached hydrogens (tertiary/aromatic N) is 1. The highest BCUT2D eigenvalue weighted by atomic mass is 32.2. The lowest BCUT2D eigenvalue weighted by Crippen LogP contribution is -2.52. The van der Waals surface area contributed by atoms with Gasteiger partial charge in [0.2, 0.25) is 0 Å². The summed E-state index contributed by atoms with van der Waals surface area (Å²) in [7, 11) is -2.79. The van der Waals surface area contributed by atoms with Crippen LogP contribution in [-0.4, -0.2) is 56.5 Å². The van der Waals surface area contributed by atoms with Gasteiger partial charge >= 0.3 is 0 Å². The summed E-state index contributed by atoms with van der Waals surface area (Å²) in [5.41, 5.74) is 0.401. The molecule has 4 nitrogen and oxygen atoms in total. The highest BCUT2D eigenvalue weighted by Gasteiger charge is 2.39. The number of hydrogen-bond acceptors (Lipinski definition) is 4. The molecule has 1 N–H and O–H groups in total. The standard InChI is InChI=1S/C15H28N2O2S/c1-13-10-20(18,19)9-8-17(13)12-15(6-2-3-7-15)11-16-14-4-5-14/h13-14,16H,2-12H2,1H3. The van der Waals surface area contributed by atoms with Gasteiger partial charge in [-0.1, -0.05) is 12.8 Å². The molecule has 20 heavy (non-hydrogen) atoms. The quantitative estimate of drug-likeness (QED) is 0.834. The van der Waals surface area contributed by atoms with E-state index < -0.39 is 9.84 Å². The summed E-state index contributed by atoms with van der Waals surface area (Å²) in [6.45, 7) is 5.03. The lowest BCUT2D eigenvalue weighted by atomic mass is 9.85. The van der Waals surface area contributed by atoms with E-state index in [1.165, 1.54) is 38.5 Å². The minimum Gasteiger partial charge on any atom is -0.313 e. The number of rotatable bonds is 5. The van der Waals surface area contributed by atoms with Crippen LogP contribution in [0, 0.1) is 5.41 Å². The van der Waals surface area contributed by atoms with E-state index in [1.54, 1.807) is 0 Å². The van der Waals surface area contributed by atoms with Crippen molar-refractivity contribution in [2.75, 3.05) is 31.1 Å². The average Bonchev–Trinajstić information content (AvgIpc) is 3.10. The average molecular weight is 300 g/mol. The van der Waals surface area contributed by atoms with Crippen LogP contribution in [0.1, 0.15) is 45.4 Å². The summed E-state index contributed by atoms with van der Waals surface area (Å²) in [6.07, 6.45) is 7.98. The van der Waals surface area contributed by atoms with Crippen molar-refractivity contribution in [2.45, 2.75) is 57.5 Å². The summed E-state index contributed by atoms with van der Waals surface area (Å²) < 4.78 is 23.4. The predicted octanol–water partition coefficient (Wildman–Crippen LogP) is 1.42. The van der Waals surface area contributed by atoms with Crippen LogP contribution in [-0.2, 0) is 9.84 Å². The van der Waals surface area contributed by atoms with Crippen LogP contribution in [0.3, 0.4) is 0 Å². The van der Waals surface area contributed by atoms with E-state index >= 15 is 0 Å². The van der Waals surface area contributed by atoms with E-state index in [0.717, 1.165) is 25.7 Å². The minimum absolute atomic E-state index is 0.187. The third-order valence-corrected chi connectivity index (χ3v) is 7.15. The molecule has 1 aliphatic heterocycles. The van der Waals surface area contributed by atoms with Gasteiger partial charge in [0.15, 0.2) is 9.84 Å². The Morgan fingerprint density at radius 3 is 2.55 bits per heavy atom. The molecule has 1 unspecified atom stereocenters. The minimum atomic E-state index is -2.79. The van der Waals surface area contributed by atoms with Crippen molar-refractivity contribution in [1.82, 2.24) is 10.2 Å². The van der Waals surface area contributed by atoms with Crippen LogP contribution >= 0.6 is 0 Å². The largest absolute Gasteiger partial charge is 0.313 e. The van der Waals surface area contributed by atoms with Gasteiger partial charge in [0.25, 0.3) is 0 Å². The molecule has 0 spiro atoms. The molecule has 3 rings (SSSR count). The molecule has 2 aliphatic carbocycles. The second-order valence-electron chi connectivity index (χ2n) is 7.30. The molecule has 0 aromatic heterocycles. The molecule has 2 saturated carbocycles. The van der Waals surface area contributed by atoms with Gasteiger partial charge in [0, 0.05) is 31.7 Å². The van der Waals surface area contributed by atoms with Gasteiger partial charge in [0.05, 0.1) is 11.5 Å². The van der Waals surface area contributed by atoms with Crippen LogP contribution < -0.4 is 5.32 Å². The number of sulfone groups is 1. The van der Waals surface area contributed by atoms with Crippen molar-refractivity contribution in [2.24, 2.45) is 5.41 Å². The molecule has 116 valence electrons. The number of hydrogen-bond donors (Lipinski definition) is 1. The van der Waals surface area contributed by atoms with Crippen LogP contribution in [0.15, 0.2) is 0 Å². The third-order valence-electron chi connectivity index (χ3n) is 5.35. The van der Waals surface area contributed by atoms with Crippen LogP contribution in [0.2, 0.25) is 0 Å². The first-order valence-electron chi connectivity index (χ1n) is 8.16. The van der Waals surface area contributed by atoms with Crippen LogP contribution in [0.5, 0.6) is 0 Å². The fourth-order valence-electron chi connectivity index (χ4n) is 3.86. The topological polar surface area (TPSA) is 49.4 Å². The Morgan fingerprint density at radius 1 is 1.25 bits per heavy atom. The van der Waals surface area contributed by atoms with Crippen molar-refractivity contribution in [3.8, 4) is 0 Å². The molecule has 5 heteroatoms. The molecule has 0 aromatic carbocycles. The zero-order valence-electron chi connectivity index (χ0n) is 12.6. The molecule has 0 radical (unpaired) electrons. The SMILES string of the molecule is CC1CS(=O)(=O)CCN1CC1(CNC2CC2)CCCC1.